The van der Waals surface area contributed by atoms with Crippen molar-refractivity contribution in [2.24, 2.45) is 0 Å². The molecule has 1 heterocycles. The van der Waals surface area contributed by atoms with Crippen LogP contribution in [0.1, 0.15) is 12.5 Å². The fourth-order valence-electron chi connectivity index (χ4n) is 1.48. The van der Waals surface area contributed by atoms with Crippen molar-refractivity contribution < 1.29 is 10.0 Å². The number of aliphatic hydroxyl groups excluding tert-OH is 1. The summed E-state index contributed by atoms with van der Waals surface area (Å²) in [6.07, 6.45) is 6.36. The highest BCUT2D eigenvalue weighted by molar-refractivity contribution is 5.16. The van der Waals surface area contributed by atoms with Crippen molar-refractivity contribution in [3.05, 3.63) is 34.8 Å². The molecule has 1 N–H and O–H groups in total. The molecule has 0 bridgehead atoms. The third-order valence-electron chi connectivity index (χ3n) is 2.20. The summed E-state index contributed by atoms with van der Waals surface area (Å²) < 4.78 is 1.63. The van der Waals surface area contributed by atoms with Crippen LogP contribution in [-0.4, -0.2) is 25.7 Å². The van der Waals surface area contributed by atoms with Crippen LogP contribution in [0.25, 0.3) is 0 Å². The highest BCUT2D eigenvalue weighted by atomic mass is 16.6. The Labute approximate surface area is 79.6 Å². The van der Waals surface area contributed by atoms with Crippen LogP contribution in [0.5, 0.6) is 0 Å². The summed E-state index contributed by atoms with van der Waals surface area (Å²) in [7, 11) is 0. The summed E-state index contributed by atoms with van der Waals surface area (Å²) in [4.78, 5) is 13.5. The predicted molar refractivity (Wildman–Crippen MR) is 47.7 cm³/mol. The first-order valence-electron chi connectivity index (χ1n) is 4.21. The van der Waals surface area contributed by atoms with E-state index in [0.717, 1.165) is 0 Å². The van der Waals surface area contributed by atoms with Gasteiger partial charge in [0.05, 0.1) is 12.1 Å². The third kappa shape index (κ3) is 1.51. The number of aromatic nitrogens is 2. The van der Waals surface area contributed by atoms with Gasteiger partial charge in [0.25, 0.3) is 0 Å². The SMILES string of the molecule is O=[N+]([O-])c1cn([C@H]2C=C[C@@H](O)C2)cn1. The van der Waals surface area contributed by atoms with E-state index >= 15 is 0 Å². The molecule has 1 aromatic rings. The lowest BCUT2D eigenvalue weighted by atomic mass is 10.2. The van der Waals surface area contributed by atoms with Crippen molar-refractivity contribution in [1.29, 1.82) is 0 Å². The molecule has 0 aliphatic heterocycles. The first-order chi connectivity index (χ1) is 6.66. The van der Waals surface area contributed by atoms with Gasteiger partial charge in [0.2, 0.25) is 6.33 Å². The zero-order valence-corrected chi connectivity index (χ0v) is 7.28. The number of hydrogen-bond donors (Lipinski definition) is 1. The summed E-state index contributed by atoms with van der Waals surface area (Å²) in [6, 6.07) is -0.0220. The van der Waals surface area contributed by atoms with Gasteiger partial charge < -0.3 is 19.8 Å². The van der Waals surface area contributed by atoms with E-state index in [-0.39, 0.29) is 11.9 Å². The molecule has 1 aromatic heterocycles. The van der Waals surface area contributed by atoms with Gasteiger partial charge in [0, 0.05) is 6.42 Å². The average molecular weight is 195 g/mol. The van der Waals surface area contributed by atoms with Crippen LogP contribution in [-0.2, 0) is 0 Å². The molecule has 6 heteroatoms. The van der Waals surface area contributed by atoms with Gasteiger partial charge in [-0.1, -0.05) is 12.2 Å². The van der Waals surface area contributed by atoms with Gasteiger partial charge in [-0.25, -0.2) is 0 Å². The third-order valence-corrected chi connectivity index (χ3v) is 2.20. The molecule has 0 spiro atoms. The van der Waals surface area contributed by atoms with Crippen LogP contribution < -0.4 is 0 Å². The molecule has 1 aliphatic rings. The highest BCUT2D eigenvalue weighted by Crippen LogP contribution is 2.24. The van der Waals surface area contributed by atoms with Crippen molar-refractivity contribution in [2.45, 2.75) is 18.6 Å². The normalized spacial score (nSPS) is 25.5. The van der Waals surface area contributed by atoms with Crippen LogP contribution >= 0.6 is 0 Å². The maximum Gasteiger partial charge on any atom is 0.381 e. The number of aliphatic hydroxyl groups is 1. The van der Waals surface area contributed by atoms with E-state index in [9.17, 15) is 15.2 Å². The molecule has 0 amide bonds. The lowest BCUT2D eigenvalue weighted by Crippen LogP contribution is -2.06. The largest absolute Gasteiger partial charge is 0.389 e. The second-order valence-electron chi connectivity index (χ2n) is 3.19. The van der Waals surface area contributed by atoms with Crippen molar-refractivity contribution >= 4 is 5.82 Å². The van der Waals surface area contributed by atoms with Crippen LogP contribution in [0.2, 0.25) is 0 Å². The summed E-state index contributed by atoms with van der Waals surface area (Å²) in [5.41, 5.74) is 0. The molecule has 74 valence electrons. The van der Waals surface area contributed by atoms with Gasteiger partial charge in [-0.3, -0.25) is 0 Å². The zero-order chi connectivity index (χ0) is 10.1. The molecule has 6 nitrogen and oxygen atoms in total. The molecule has 0 unspecified atom stereocenters. The smallest absolute Gasteiger partial charge is 0.381 e. The molecule has 2 atom stereocenters. The molecule has 0 saturated heterocycles. The van der Waals surface area contributed by atoms with Crippen molar-refractivity contribution in [2.75, 3.05) is 0 Å². The van der Waals surface area contributed by atoms with Crippen molar-refractivity contribution in [3.63, 3.8) is 0 Å². The Kier molecular flexibility index (Phi) is 2.05. The number of nitrogens with zero attached hydrogens (tertiary/aromatic N) is 3. The highest BCUT2D eigenvalue weighted by Gasteiger charge is 2.21. The van der Waals surface area contributed by atoms with Crippen molar-refractivity contribution in [3.8, 4) is 0 Å². The van der Waals surface area contributed by atoms with E-state index in [1.807, 2.05) is 6.08 Å². The standard InChI is InChI=1S/C8H9N3O3/c12-7-2-1-6(3-7)10-4-8(9-5-10)11(13)14/h1-2,4-7,12H,3H2/t6-,7+/m0/s1. The van der Waals surface area contributed by atoms with Crippen LogP contribution in [0, 0.1) is 10.1 Å². The number of nitro groups is 1. The molecule has 0 saturated carbocycles. The molecular weight excluding hydrogens is 186 g/mol. The molecule has 1 aliphatic carbocycles. The topological polar surface area (TPSA) is 81.2 Å². The fraction of sp³-hybridized carbons (Fsp3) is 0.375. The van der Waals surface area contributed by atoms with E-state index in [2.05, 4.69) is 4.98 Å². The lowest BCUT2D eigenvalue weighted by molar-refractivity contribution is -0.389. The number of hydrogen-bond acceptors (Lipinski definition) is 4. The van der Waals surface area contributed by atoms with E-state index in [4.69, 9.17) is 0 Å². The van der Waals surface area contributed by atoms with E-state index in [1.54, 1.807) is 10.6 Å². The average Bonchev–Trinajstić information content (AvgIpc) is 2.70. The summed E-state index contributed by atoms with van der Waals surface area (Å²) >= 11 is 0. The predicted octanol–water partition coefficient (Wildman–Crippen LogP) is 0.653. The monoisotopic (exact) mass is 195 g/mol. The molecule has 0 aromatic carbocycles. The molecular formula is C8H9N3O3. The Hall–Kier alpha value is -1.69. The first kappa shape index (κ1) is 8.89. The Morgan fingerprint density at radius 3 is 2.93 bits per heavy atom. The Balaban J connectivity index is 2.18. The van der Waals surface area contributed by atoms with Gasteiger partial charge in [-0.05, 0) is 9.91 Å². The van der Waals surface area contributed by atoms with Gasteiger partial charge in [0.15, 0.2) is 0 Å². The number of rotatable bonds is 2. The Bertz CT molecular complexity index is 385. The summed E-state index contributed by atoms with van der Waals surface area (Å²) in [6.45, 7) is 0. The number of allylic oxidation sites excluding steroid dienone is 1. The first-order valence-corrected chi connectivity index (χ1v) is 4.21. The molecule has 2 rings (SSSR count). The van der Waals surface area contributed by atoms with E-state index in [0.29, 0.717) is 6.42 Å². The lowest BCUT2D eigenvalue weighted by Gasteiger charge is -2.07. The second-order valence-corrected chi connectivity index (χ2v) is 3.19. The van der Waals surface area contributed by atoms with Gasteiger partial charge >= 0.3 is 5.82 Å². The van der Waals surface area contributed by atoms with Crippen LogP contribution in [0.3, 0.4) is 0 Å². The minimum absolute atomic E-state index is 0.0220. The maximum atomic E-state index is 10.4. The molecule has 0 fully saturated rings. The van der Waals surface area contributed by atoms with Crippen molar-refractivity contribution in [1.82, 2.24) is 9.55 Å². The number of imidazole rings is 1. The van der Waals surface area contributed by atoms with Gasteiger partial charge in [-0.15, -0.1) is 0 Å². The Morgan fingerprint density at radius 2 is 2.43 bits per heavy atom. The van der Waals surface area contributed by atoms with E-state index < -0.39 is 11.0 Å². The maximum absolute atomic E-state index is 10.4. The summed E-state index contributed by atoms with van der Waals surface area (Å²) in [5.74, 6) is -0.167. The molecule has 0 radical (unpaired) electrons. The fourth-order valence-corrected chi connectivity index (χ4v) is 1.48. The van der Waals surface area contributed by atoms with Crippen LogP contribution in [0.4, 0.5) is 5.82 Å². The van der Waals surface area contributed by atoms with Crippen LogP contribution in [0.15, 0.2) is 24.7 Å². The van der Waals surface area contributed by atoms with E-state index in [1.165, 1.54) is 12.5 Å². The minimum Gasteiger partial charge on any atom is -0.389 e. The van der Waals surface area contributed by atoms with Gasteiger partial charge in [-0.2, -0.15) is 0 Å². The quantitative estimate of drug-likeness (QED) is 0.427. The Morgan fingerprint density at radius 1 is 1.64 bits per heavy atom. The zero-order valence-electron chi connectivity index (χ0n) is 7.28. The molecule has 14 heavy (non-hydrogen) atoms. The second kappa shape index (κ2) is 3.22. The van der Waals surface area contributed by atoms with Gasteiger partial charge in [0.1, 0.15) is 6.20 Å². The minimum atomic E-state index is -0.536. The summed E-state index contributed by atoms with van der Waals surface area (Å²) in [5, 5.41) is 19.6.